The Hall–Kier alpha value is -3.10. The fourth-order valence-electron chi connectivity index (χ4n) is 3.53. The number of allylic oxidation sites excluding steroid dienone is 7. The van der Waals surface area contributed by atoms with Crippen LogP contribution in [-0.2, 0) is 5.41 Å². The molecule has 204 valence electrons. The zero-order chi connectivity index (χ0) is 28.9. The van der Waals surface area contributed by atoms with Crippen molar-refractivity contribution in [2.75, 3.05) is 20.1 Å². The standard InChI is InChI=1S/C16H21N.C10H15N.C4H6.C3H6.C2H6/c1-13-4-6-15(7-5-13)16(2)10-8-14(9-11-16)12-17-3;1-8(2)7-11-9(3)5-6-10(11)4;1-3-4-2;1-3-2;1-2/h4-10,17H,11-12H2,1-3H3;1,3-7H2,2H3;3-4H,1-2H2;3H,1H2,2H3;1-2H3. The molecular formula is C35H54N2. The Morgan fingerprint density at radius 3 is 1.86 bits per heavy atom. The molecule has 37 heavy (non-hydrogen) atoms. The summed E-state index contributed by atoms with van der Waals surface area (Å²) >= 11 is 0. The molecule has 1 atom stereocenters. The summed E-state index contributed by atoms with van der Waals surface area (Å²) in [6, 6.07) is 8.88. The molecule has 1 aromatic rings. The third-order valence-corrected chi connectivity index (χ3v) is 5.61. The van der Waals surface area contributed by atoms with Crippen molar-refractivity contribution in [3.63, 3.8) is 0 Å². The van der Waals surface area contributed by atoms with E-state index in [0.29, 0.717) is 0 Å². The fraction of sp³-hybridized carbons (Fsp3) is 0.371. The summed E-state index contributed by atoms with van der Waals surface area (Å²) in [5.41, 5.74) is 7.79. The van der Waals surface area contributed by atoms with Crippen LogP contribution in [0.15, 0.2) is 123 Å². The number of nitrogens with one attached hydrogen (secondary N) is 1. The van der Waals surface area contributed by atoms with Gasteiger partial charge in [-0.15, -0.1) is 6.58 Å². The molecule has 0 spiro atoms. The molecule has 1 aliphatic heterocycles. The minimum atomic E-state index is 0.158. The van der Waals surface area contributed by atoms with Crippen molar-refractivity contribution in [2.45, 2.75) is 66.2 Å². The third-order valence-electron chi connectivity index (χ3n) is 5.61. The van der Waals surface area contributed by atoms with E-state index in [2.05, 4.69) is 106 Å². The van der Waals surface area contributed by atoms with E-state index in [1.54, 1.807) is 18.2 Å². The third kappa shape index (κ3) is 14.9. The molecule has 0 aromatic heterocycles. The Morgan fingerprint density at radius 2 is 1.51 bits per heavy atom. The van der Waals surface area contributed by atoms with Crippen LogP contribution < -0.4 is 5.32 Å². The predicted octanol–water partition coefficient (Wildman–Crippen LogP) is 9.62. The average molecular weight is 503 g/mol. The maximum atomic E-state index is 3.96. The summed E-state index contributed by atoms with van der Waals surface area (Å²) in [6.07, 6.45) is 15.2. The minimum Gasteiger partial charge on any atom is -0.346 e. The number of likely N-dealkylation sites (tertiary alicyclic amines) is 1. The summed E-state index contributed by atoms with van der Waals surface area (Å²) in [6.45, 7) is 36.1. The van der Waals surface area contributed by atoms with Gasteiger partial charge in [0.2, 0.25) is 0 Å². The van der Waals surface area contributed by atoms with Crippen LogP contribution >= 0.6 is 0 Å². The molecule has 0 radical (unpaired) electrons. The first-order valence-electron chi connectivity index (χ1n) is 13.3. The van der Waals surface area contributed by atoms with E-state index in [9.17, 15) is 0 Å². The first-order valence-corrected chi connectivity index (χ1v) is 13.3. The highest BCUT2D eigenvalue weighted by Crippen LogP contribution is 2.33. The Bertz CT molecular complexity index is 889. The van der Waals surface area contributed by atoms with Crippen molar-refractivity contribution in [3.05, 3.63) is 134 Å². The van der Waals surface area contributed by atoms with Crippen LogP contribution in [0.25, 0.3) is 0 Å². The average Bonchev–Trinajstić information content (AvgIpc) is 3.20. The van der Waals surface area contributed by atoms with Crippen LogP contribution in [0, 0.1) is 6.92 Å². The molecule has 0 amide bonds. The second-order valence-electron chi connectivity index (χ2n) is 9.19. The molecule has 1 unspecified atom stereocenters. The Labute approximate surface area is 230 Å². The van der Waals surface area contributed by atoms with Crippen molar-refractivity contribution in [3.8, 4) is 0 Å². The van der Waals surface area contributed by atoms with Gasteiger partial charge in [0.25, 0.3) is 0 Å². The van der Waals surface area contributed by atoms with Crippen LogP contribution in [0.4, 0.5) is 0 Å². The highest BCUT2D eigenvalue weighted by molar-refractivity contribution is 5.39. The molecule has 0 saturated carbocycles. The molecular weight excluding hydrogens is 448 g/mol. The molecule has 3 rings (SSSR count). The van der Waals surface area contributed by atoms with Crippen molar-refractivity contribution in [2.24, 2.45) is 0 Å². The van der Waals surface area contributed by atoms with E-state index in [1.807, 2.05) is 34.7 Å². The topological polar surface area (TPSA) is 15.3 Å². The van der Waals surface area contributed by atoms with Gasteiger partial charge in [0.05, 0.1) is 0 Å². The molecule has 0 bridgehead atoms. The normalized spacial score (nSPS) is 17.2. The zero-order valence-corrected chi connectivity index (χ0v) is 25.0. The van der Waals surface area contributed by atoms with Gasteiger partial charge in [-0.2, -0.15) is 0 Å². The van der Waals surface area contributed by atoms with Crippen LogP contribution in [0.2, 0.25) is 0 Å². The molecule has 1 heterocycles. The largest absolute Gasteiger partial charge is 0.346 e. The number of aryl methyl sites for hydroxylation is 1. The highest BCUT2D eigenvalue weighted by Gasteiger charge is 2.24. The molecule has 2 heteroatoms. The van der Waals surface area contributed by atoms with Crippen LogP contribution in [-0.4, -0.2) is 25.0 Å². The van der Waals surface area contributed by atoms with E-state index in [0.717, 1.165) is 37.9 Å². The molecule has 1 aliphatic carbocycles. The van der Waals surface area contributed by atoms with Crippen LogP contribution in [0.3, 0.4) is 0 Å². The van der Waals surface area contributed by atoms with Crippen molar-refractivity contribution in [1.29, 1.82) is 0 Å². The molecule has 1 saturated heterocycles. The zero-order valence-electron chi connectivity index (χ0n) is 25.0. The lowest BCUT2D eigenvalue weighted by atomic mass is 9.76. The fourth-order valence-corrected chi connectivity index (χ4v) is 3.53. The van der Waals surface area contributed by atoms with Gasteiger partial charge in [0, 0.05) is 29.9 Å². The second-order valence-corrected chi connectivity index (χ2v) is 9.19. The molecule has 1 N–H and O–H groups in total. The summed E-state index contributed by atoms with van der Waals surface area (Å²) in [4.78, 5) is 2.16. The molecule has 1 aromatic carbocycles. The Balaban J connectivity index is 0. The van der Waals surface area contributed by atoms with E-state index < -0.39 is 0 Å². The van der Waals surface area contributed by atoms with Crippen LogP contribution in [0.5, 0.6) is 0 Å². The lowest BCUT2D eigenvalue weighted by molar-refractivity contribution is 0.499. The minimum absolute atomic E-state index is 0.158. The highest BCUT2D eigenvalue weighted by atomic mass is 15.2. The first kappa shape index (κ1) is 36.1. The molecule has 2 aliphatic rings. The Morgan fingerprint density at radius 1 is 1.03 bits per heavy atom. The SMILES string of the molecule is C=C(C)CN1C(=C)CCC1=C.C=CC.C=CC=C.CC.CNCC1=CCC(C)(c2ccc(C)cc2)C=C1. The Kier molecular flexibility index (Phi) is 20.5. The lowest BCUT2D eigenvalue weighted by Gasteiger charge is -2.29. The molecule has 1 fully saturated rings. The summed E-state index contributed by atoms with van der Waals surface area (Å²) in [5, 5.41) is 3.19. The van der Waals surface area contributed by atoms with Gasteiger partial charge in [-0.3, -0.25) is 0 Å². The maximum Gasteiger partial charge on any atom is 0.0429 e. The number of hydrogen-bond donors (Lipinski definition) is 1. The van der Waals surface area contributed by atoms with Gasteiger partial charge in [-0.25, -0.2) is 0 Å². The van der Waals surface area contributed by atoms with E-state index in [4.69, 9.17) is 0 Å². The van der Waals surface area contributed by atoms with E-state index >= 15 is 0 Å². The maximum absolute atomic E-state index is 3.96. The van der Waals surface area contributed by atoms with Gasteiger partial charge in [0.15, 0.2) is 0 Å². The van der Waals surface area contributed by atoms with Gasteiger partial charge in [0.1, 0.15) is 0 Å². The van der Waals surface area contributed by atoms with Crippen molar-refractivity contribution in [1.82, 2.24) is 10.2 Å². The predicted molar refractivity (Wildman–Crippen MR) is 171 cm³/mol. The number of benzene rings is 1. The lowest BCUT2D eigenvalue weighted by Crippen LogP contribution is -2.22. The van der Waals surface area contributed by atoms with Gasteiger partial charge < -0.3 is 10.2 Å². The molecule has 2 nitrogen and oxygen atoms in total. The number of likely N-dealkylation sites (N-methyl/N-ethyl adjacent to an activating group) is 1. The van der Waals surface area contributed by atoms with E-state index in [-0.39, 0.29) is 5.41 Å². The van der Waals surface area contributed by atoms with Crippen molar-refractivity contribution >= 4 is 0 Å². The van der Waals surface area contributed by atoms with Gasteiger partial charge >= 0.3 is 0 Å². The number of hydrogen-bond acceptors (Lipinski definition) is 2. The summed E-state index contributed by atoms with van der Waals surface area (Å²) in [5.74, 6) is 0. The summed E-state index contributed by atoms with van der Waals surface area (Å²) < 4.78 is 0. The smallest absolute Gasteiger partial charge is 0.0429 e. The van der Waals surface area contributed by atoms with Crippen molar-refractivity contribution < 1.29 is 0 Å². The quantitative estimate of drug-likeness (QED) is 0.308. The van der Waals surface area contributed by atoms with Crippen LogP contribution in [0.1, 0.15) is 65.0 Å². The first-order chi connectivity index (χ1) is 17.6. The number of nitrogens with zero attached hydrogens (tertiary/aromatic N) is 1. The van der Waals surface area contributed by atoms with Gasteiger partial charge in [-0.05, 0) is 58.2 Å². The van der Waals surface area contributed by atoms with Gasteiger partial charge in [-0.1, -0.05) is 126 Å². The van der Waals surface area contributed by atoms with E-state index in [1.165, 1.54) is 28.1 Å². The summed E-state index contributed by atoms with van der Waals surface area (Å²) in [7, 11) is 1.99. The second kappa shape index (κ2) is 21.0. The number of rotatable bonds is 6. The monoisotopic (exact) mass is 502 g/mol.